The highest BCUT2D eigenvalue weighted by Crippen LogP contribution is 2.20. The number of hydrogen-bond donors (Lipinski definition) is 0. The van der Waals surface area contributed by atoms with Crippen LogP contribution in [0.3, 0.4) is 0 Å². The average molecular weight is 371 g/mol. The van der Waals surface area contributed by atoms with Crippen molar-refractivity contribution in [3.05, 3.63) is 78.4 Å². The highest BCUT2D eigenvalue weighted by atomic mass is 32.2. The molecule has 26 heavy (non-hydrogen) atoms. The third-order valence-electron chi connectivity index (χ3n) is 3.59. The van der Waals surface area contributed by atoms with Crippen molar-refractivity contribution in [3.63, 3.8) is 0 Å². The number of carbonyl (C=O) groups is 1. The largest absolute Gasteiger partial charge is 0.489 e. The summed E-state index contributed by atoms with van der Waals surface area (Å²) in [6, 6.07) is 13.3. The Morgan fingerprint density at radius 1 is 1.15 bits per heavy atom. The van der Waals surface area contributed by atoms with Gasteiger partial charge in [0.25, 0.3) is 0 Å². The lowest BCUT2D eigenvalue weighted by atomic mass is 10.1. The summed E-state index contributed by atoms with van der Waals surface area (Å²) >= 11 is 0. The molecule has 0 N–H and O–H groups in total. The molecule has 0 aliphatic rings. The van der Waals surface area contributed by atoms with Crippen LogP contribution in [0.5, 0.6) is 5.75 Å². The monoisotopic (exact) mass is 371 g/mol. The van der Waals surface area contributed by atoms with Crippen LogP contribution in [0.25, 0.3) is 6.08 Å². The Morgan fingerprint density at radius 3 is 2.58 bits per heavy atom. The second-order valence-electron chi connectivity index (χ2n) is 5.65. The molecule has 0 bridgehead atoms. The first kappa shape index (κ1) is 19.6. The number of ether oxygens (including phenoxy) is 1. The molecule has 6 heteroatoms. The maximum Gasteiger partial charge on any atom is 0.242 e. The first-order valence-electron chi connectivity index (χ1n) is 7.94. The molecule has 0 amide bonds. The van der Waals surface area contributed by atoms with Crippen molar-refractivity contribution in [3.8, 4) is 5.75 Å². The van der Waals surface area contributed by atoms with Crippen molar-refractivity contribution in [2.24, 2.45) is 0 Å². The predicted molar refractivity (Wildman–Crippen MR) is 103 cm³/mol. The summed E-state index contributed by atoms with van der Waals surface area (Å²) in [5, 5.41) is 0. The van der Waals surface area contributed by atoms with E-state index in [1.807, 2.05) is 18.2 Å². The van der Waals surface area contributed by atoms with Gasteiger partial charge in [-0.15, -0.1) is 0 Å². The van der Waals surface area contributed by atoms with Gasteiger partial charge in [-0.1, -0.05) is 43.0 Å². The van der Waals surface area contributed by atoms with Gasteiger partial charge in [-0.3, -0.25) is 4.79 Å². The SMILES string of the molecule is C=CCOc1ccccc1C=CC(=O)c1cccc(S(=O)(=O)N(C)C)c1. The molecule has 0 unspecified atom stereocenters. The van der Waals surface area contributed by atoms with Crippen LogP contribution >= 0.6 is 0 Å². The van der Waals surface area contributed by atoms with Crippen LogP contribution < -0.4 is 4.74 Å². The van der Waals surface area contributed by atoms with Gasteiger partial charge in [-0.25, -0.2) is 12.7 Å². The smallest absolute Gasteiger partial charge is 0.242 e. The number of benzene rings is 2. The first-order valence-corrected chi connectivity index (χ1v) is 9.38. The second kappa shape index (κ2) is 8.60. The Morgan fingerprint density at radius 2 is 1.88 bits per heavy atom. The summed E-state index contributed by atoms with van der Waals surface area (Å²) in [7, 11) is -0.693. The lowest BCUT2D eigenvalue weighted by molar-refractivity contribution is 0.104. The number of allylic oxidation sites excluding steroid dienone is 1. The van der Waals surface area contributed by atoms with Gasteiger partial charge in [0.1, 0.15) is 12.4 Å². The van der Waals surface area contributed by atoms with Gasteiger partial charge in [-0.2, -0.15) is 0 Å². The summed E-state index contributed by atoms with van der Waals surface area (Å²) in [5.74, 6) is 0.347. The molecule has 0 saturated carbocycles. The highest BCUT2D eigenvalue weighted by molar-refractivity contribution is 7.89. The minimum absolute atomic E-state index is 0.0801. The van der Waals surface area contributed by atoms with Crippen LogP contribution in [0.2, 0.25) is 0 Å². The number of hydrogen-bond acceptors (Lipinski definition) is 4. The van der Waals surface area contributed by atoms with Crippen molar-refractivity contribution >= 4 is 21.9 Å². The second-order valence-corrected chi connectivity index (χ2v) is 7.80. The fourth-order valence-electron chi connectivity index (χ4n) is 2.18. The first-order chi connectivity index (χ1) is 12.4. The van der Waals surface area contributed by atoms with E-state index < -0.39 is 10.0 Å². The zero-order valence-corrected chi connectivity index (χ0v) is 15.6. The molecule has 0 radical (unpaired) electrons. The van der Waals surface area contributed by atoms with Gasteiger partial charge in [0.2, 0.25) is 10.0 Å². The van der Waals surface area contributed by atoms with Gasteiger partial charge in [-0.05, 0) is 30.4 Å². The molecule has 2 rings (SSSR count). The predicted octanol–water partition coefficient (Wildman–Crippen LogP) is 3.40. The van der Waals surface area contributed by atoms with Crippen LogP contribution in [0, 0.1) is 0 Å². The maximum atomic E-state index is 12.4. The van der Waals surface area contributed by atoms with E-state index in [9.17, 15) is 13.2 Å². The molecule has 0 atom stereocenters. The van der Waals surface area contributed by atoms with Crippen LogP contribution in [-0.4, -0.2) is 39.2 Å². The zero-order chi connectivity index (χ0) is 19.2. The summed E-state index contributed by atoms with van der Waals surface area (Å²) in [4.78, 5) is 12.5. The summed E-state index contributed by atoms with van der Waals surface area (Å²) in [5.41, 5.74) is 1.05. The van der Waals surface area contributed by atoms with Gasteiger partial charge < -0.3 is 4.74 Å². The van der Waals surface area contributed by atoms with E-state index in [4.69, 9.17) is 4.74 Å². The number of ketones is 1. The van der Waals surface area contributed by atoms with Crippen molar-refractivity contribution < 1.29 is 17.9 Å². The van der Waals surface area contributed by atoms with E-state index in [0.29, 0.717) is 17.9 Å². The van der Waals surface area contributed by atoms with E-state index in [1.165, 1.54) is 32.3 Å². The standard InChI is InChI=1S/C20H21NO4S/c1-4-14-25-20-11-6-5-8-16(20)12-13-19(22)17-9-7-10-18(15-17)26(23,24)21(2)3/h4-13,15H,1,14H2,2-3H3. The third kappa shape index (κ3) is 4.68. The Kier molecular flexibility index (Phi) is 6.49. The van der Waals surface area contributed by atoms with Crippen LogP contribution in [-0.2, 0) is 10.0 Å². The molecule has 0 aliphatic carbocycles. The Bertz CT molecular complexity index is 930. The molecule has 2 aromatic carbocycles. The van der Waals surface area contributed by atoms with Gasteiger partial charge in [0, 0.05) is 25.2 Å². The molecule has 0 fully saturated rings. The van der Waals surface area contributed by atoms with Gasteiger partial charge in [0.05, 0.1) is 4.90 Å². The molecule has 2 aromatic rings. The van der Waals surface area contributed by atoms with E-state index in [1.54, 1.807) is 30.4 Å². The Hall–Kier alpha value is -2.70. The summed E-state index contributed by atoms with van der Waals surface area (Å²) < 4.78 is 31.1. The quantitative estimate of drug-likeness (QED) is 0.405. The molecule has 0 aromatic heterocycles. The molecule has 0 heterocycles. The highest BCUT2D eigenvalue weighted by Gasteiger charge is 2.18. The molecular formula is C20H21NO4S. The zero-order valence-electron chi connectivity index (χ0n) is 14.8. The van der Waals surface area contributed by atoms with E-state index in [0.717, 1.165) is 9.87 Å². The molecule has 0 saturated heterocycles. The van der Waals surface area contributed by atoms with Crippen molar-refractivity contribution in [2.75, 3.05) is 20.7 Å². The molecule has 0 aliphatic heterocycles. The minimum atomic E-state index is -3.59. The van der Waals surface area contributed by atoms with Gasteiger partial charge >= 0.3 is 0 Å². The third-order valence-corrected chi connectivity index (χ3v) is 5.40. The van der Waals surface area contributed by atoms with E-state index in [-0.39, 0.29) is 10.7 Å². The molecular weight excluding hydrogens is 350 g/mol. The van der Waals surface area contributed by atoms with E-state index >= 15 is 0 Å². The fourth-order valence-corrected chi connectivity index (χ4v) is 3.13. The van der Waals surface area contributed by atoms with Gasteiger partial charge in [0.15, 0.2) is 5.78 Å². The van der Waals surface area contributed by atoms with Crippen molar-refractivity contribution in [1.29, 1.82) is 0 Å². The lowest BCUT2D eigenvalue weighted by Gasteiger charge is -2.11. The Balaban J connectivity index is 2.26. The number of rotatable bonds is 8. The van der Waals surface area contributed by atoms with Crippen molar-refractivity contribution in [1.82, 2.24) is 4.31 Å². The van der Waals surface area contributed by atoms with Crippen LogP contribution in [0.1, 0.15) is 15.9 Å². The summed E-state index contributed by atoms with van der Waals surface area (Å²) in [6.45, 7) is 3.97. The number of sulfonamides is 1. The van der Waals surface area contributed by atoms with E-state index in [2.05, 4.69) is 6.58 Å². The number of para-hydroxylation sites is 1. The van der Waals surface area contributed by atoms with Crippen LogP contribution in [0.15, 0.2) is 72.2 Å². The van der Waals surface area contributed by atoms with Crippen molar-refractivity contribution in [2.45, 2.75) is 4.90 Å². The molecule has 136 valence electrons. The minimum Gasteiger partial charge on any atom is -0.489 e. The molecule has 0 spiro atoms. The maximum absolute atomic E-state index is 12.4. The topological polar surface area (TPSA) is 63.7 Å². The number of nitrogens with zero attached hydrogens (tertiary/aromatic N) is 1. The average Bonchev–Trinajstić information content (AvgIpc) is 2.65. The Labute approximate surface area is 154 Å². The van der Waals surface area contributed by atoms with Crippen LogP contribution in [0.4, 0.5) is 0 Å². The normalized spacial score (nSPS) is 11.7. The fraction of sp³-hybridized carbons (Fsp3) is 0.150. The number of carbonyl (C=O) groups excluding carboxylic acids is 1. The molecule has 5 nitrogen and oxygen atoms in total. The summed E-state index contributed by atoms with van der Waals surface area (Å²) in [6.07, 6.45) is 4.69. The lowest BCUT2D eigenvalue weighted by Crippen LogP contribution is -2.22.